The second-order valence-corrected chi connectivity index (χ2v) is 6.29. The van der Waals surface area contributed by atoms with Crippen LogP contribution >= 0.6 is 11.9 Å². The van der Waals surface area contributed by atoms with Crippen LogP contribution in [0.1, 0.15) is 5.56 Å². The number of rotatable bonds is 10. The fourth-order valence-electron chi connectivity index (χ4n) is 2.65. The molecular formula is C19H27ClN4O2. The molecule has 0 radical (unpaired) electrons. The van der Waals surface area contributed by atoms with Gasteiger partial charge in [-0.15, -0.1) is 0 Å². The first kappa shape index (κ1) is 20.5. The highest BCUT2D eigenvalue weighted by atomic mass is 35.5. The van der Waals surface area contributed by atoms with Crippen molar-refractivity contribution >= 4 is 17.7 Å². The molecule has 1 fully saturated rings. The average Bonchev–Trinajstić information content (AvgIpc) is 2.66. The van der Waals surface area contributed by atoms with Gasteiger partial charge in [0.2, 0.25) is 0 Å². The summed E-state index contributed by atoms with van der Waals surface area (Å²) in [5.41, 5.74) is 6.13. The molecule has 0 atom stereocenters. The van der Waals surface area contributed by atoms with Crippen molar-refractivity contribution in [1.29, 1.82) is 5.41 Å². The zero-order valence-corrected chi connectivity index (χ0v) is 15.7. The Morgan fingerprint density at radius 1 is 0.962 bits per heavy atom. The normalized spacial score (nSPS) is 16.5. The monoisotopic (exact) mass is 378 g/mol. The highest BCUT2D eigenvalue weighted by Crippen LogP contribution is 2.11. The van der Waals surface area contributed by atoms with E-state index in [1.54, 1.807) is 12.1 Å². The lowest BCUT2D eigenvalue weighted by atomic mass is 10.2. The van der Waals surface area contributed by atoms with Crippen LogP contribution in [0.25, 0.3) is 0 Å². The van der Waals surface area contributed by atoms with Crippen molar-refractivity contribution in [2.75, 3.05) is 52.5 Å². The number of amidine groups is 1. The minimum atomic E-state index is 0.0665. The molecule has 0 unspecified atom stereocenters. The molecule has 1 aliphatic rings. The first-order valence-electron chi connectivity index (χ1n) is 8.74. The van der Waals surface area contributed by atoms with Gasteiger partial charge < -0.3 is 10.5 Å². The lowest BCUT2D eigenvalue weighted by Gasteiger charge is -2.33. The van der Waals surface area contributed by atoms with Crippen LogP contribution < -0.4 is 10.5 Å². The molecule has 0 aliphatic carbocycles. The molecule has 142 valence electrons. The van der Waals surface area contributed by atoms with Crippen molar-refractivity contribution in [3.05, 3.63) is 54.1 Å². The van der Waals surface area contributed by atoms with Crippen LogP contribution in [0.4, 0.5) is 0 Å². The molecule has 0 spiro atoms. The van der Waals surface area contributed by atoms with E-state index in [4.69, 9.17) is 27.7 Å². The summed E-state index contributed by atoms with van der Waals surface area (Å²) in [6, 6.07) is 7.24. The predicted molar refractivity (Wildman–Crippen MR) is 106 cm³/mol. The second kappa shape index (κ2) is 11.7. The molecule has 0 bridgehead atoms. The van der Waals surface area contributed by atoms with Gasteiger partial charge in [-0.1, -0.05) is 24.3 Å². The number of nitrogens with one attached hydrogen (secondary N) is 1. The highest BCUT2D eigenvalue weighted by Gasteiger charge is 2.14. The minimum Gasteiger partial charge on any atom is -0.490 e. The molecule has 0 amide bonds. The third-order valence-electron chi connectivity index (χ3n) is 4.20. The second-order valence-electron chi connectivity index (χ2n) is 6.07. The molecule has 6 nitrogen and oxygen atoms in total. The van der Waals surface area contributed by atoms with E-state index in [0.717, 1.165) is 45.0 Å². The molecule has 1 heterocycles. The maximum absolute atomic E-state index is 7.36. The quantitative estimate of drug-likeness (QED) is 0.371. The summed E-state index contributed by atoms with van der Waals surface area (Å²) in [5.74, 6) is 0.845. The van der Waals surface area contributed by atoms with Crippen LogP contribution in [0, 0.1) is 5.41 Å². The molecule has 0 saturated carbocycles. The Kier molecular flexibility index (Phi) is 9.20. The third-order valence-corrected chi connectivity index (χ3v) is 4.32. The average molecular weight is 379 g/mol. The van der Waals surface area contributed by atoms with Crippen LogP contribution in [0.15, 0.2) is 48.6 Å². The maximum Gasteiger partial charge on any atom is 0.122 e. The summed E-state index contributed by atoms with van der Waals surface area (Å²) in [4.78, 5) is 4.85. The van der Waals surface area contributed by atoms with E-state index in [2.05, 4.69) is 26.2 Å². The predicted octanol–water partition coefficient (Wildman–Crippen LogP) is 2.25. The van der Waals surface area contributed by atoms with Crippen molar-refractivity contribution in [2.45, 2.75) is 0 Å². The number of piperazine rings is 1. The van der Waals surface area contributed by atoms with E-state index in [-0.39, 0.29) is 5.84 Å². The van der Waals surface area contributed by atoms with E-state index in [9.17, 15) is 0 Å². The summed E-state index contributed by atoms with van der Waals surface area (Å²) >= 11 is 5.17. The smallest absolute Gasteiger partial charge is 0.122 e. The van der Waals surface area contributed by atoms with Gasteiger partial charge in [-0.05, 0) is 24.3 Å². The SMILES string of the molecule is N=C(N)c1ccc(OC/C=C/CN2CCN(C/C=C/COCl)CC2)cc1. The number of nitrogens with two attached hydrogens (primary N) is 1. The number of hydrogen-bond donors (Lipinski definition) is 2. The summed E-state index contributed by atoms with van der Waals surface area (Å²) in [5, 5.41) is 7.36. The van der Waals surface area contributed by atoms with Crippen LogP contribution in [-0.2, 0) is 4.29 Å². The fourth-order valence-corrected chi connectivity index (χ4v) is 2.72. The topological polar surface area (TPSA) is 74.8 Å². The largest absolute Gasteiger partial charge is 0.490 e. The summed E-state index contributed by atoms with van der Waals surface area (Å²) in [6.45, 7) is 7.14. The number of hydrogen-bond acceptors (Lipinski definition) is 5. The number of benzene rings is 1. The van der Waals surface area contributed by atoms with Crippen LogP contribution in [0.5, 0.6) is 5.75 Å². The Morgan fingerprint density at radius 2 is 1.50 bits per heavy atom. The van der Waals surface area contributed by atoms with E-state index in [1.807, 2.05) is 24.3 Å². The van der Waals surface area contributed by atoms with Gasteiger partial charge in [0.25, 0.3) is 0 Å². The molecule has 1 aliphatic heterocycles. The van der Waals surface area contributed by atoms with Gasteiger partial charge in [0.1, 0.15) is 18.2 Å². The van der Waals surface area contributed by atoms with E-state index < -0.39 is 0 Å². The van der Waals surface area contributed by atoms with E-state index in [1.165, 1.54) is 0 Å². The maximum atomic E-state index is 7.36. The van der Waals surface area contributed by atoms with Crippen LogP contribution in [0.2, 0.25) is 0 Å². The zero-order chi connectivity index (χ0) is 18.6. The molecule has 2 rings (SSSR count). The van der Waals surface area contributed by atoms with Gasteiger partial charge in [-0.2, -0.15) is 0 Å². The molecule has 26 heavy (non-hydrogen) atoms. The Bertz CT molecular complexity index is 596. The minimum absolute atomic E-state index is 0.0665. The Labute approximate surface area is 160 Å². The van der Waals surface area contributed by atoms with E-state index >= 15 is 0 Å². The molecule has 3 N–H and O–H groups in total. The van der Waals surface area contributed by atoms with Crippen LogP contribution in [-0.4, -0.2) is 68.1 Å². The van der Waals surface area contributed by atoms with Gasteiger partial charge in [-0.25, -0.2) is 0 Å². The van der Waals surface area contributed by atoms with Gasteiger partial charge in [-0.3, -0.25) is 19.5 Å². The number of halogens is 1. The van der Waals surface area contributed by atoms with E-state index in [0.29, 0.717) is 18.8 Å². The first-order valence-corrected chi connectivity index (χ1v) is 9.05. The Balaban J connectivity index is 1.59. The standard InChI is InChI=1S/C19H27ClN4O2/c20-26-16-4-2-10-24-13-11-23(12-14-24)9-1-3-15-25-18-7-5-17(6-8-18)19(21)22/h1-8H,9-16H2,(H3,21,22)/b3-1+,4-2+. The van der Waals surface area contributed by atoms with Gasteiger partial charge in [0.15, 0.2) is 0 Å². The number of nitrogen functional groups attached to an aromatic ring is 1. The summed E-state index contributed by atoms with van der Waals surface area (Å²) in [6.07, 6.45) is 8.23. The number of nitrogens with zero attached hydrogens (tertiary/aromatic N) is 2. The molecule has 1 aromatic rings. The van der Waals surface area contributed by atoms with Crippen molar-refractivity contribution in [3.63, 3.8) is 0 Å². The zero-order valence-electron chi connectivity index (χ0n) is 14.9. The molecular weight excluding hydrogens is 352 g/mol. The van der Waals surface area contributed by atoms with Gasteiger partial charge in [0.05, 0.1) is 18.5 Å². The molecule has 1 saturated heterocycles. The van der Waals surface area contributed by atoms with Gasteiger partial charge >= 0.3 is 0 Å². The highest BCUT2D eigenvalue weighted by molar-refractivity contribution is 6.07. The molecule has 1 aromatic carbocycles. The summed E-state index contributed by atoms with van der Waals surface area (Å²) < 4.78 is 10.1. The Morgan fingerprint density at radius 3 is 2.00 bits per heavy atom. The third kappa shape index (κ3) is 7.58. The van der Waals surface area contributed by atoms with Crippen molar-refractivity contribution in [2.24, 2.45) is 5.73 Å². The molecule has 0 aromatic heterocycles. The van der Waals surface area contributed by atoms with Gasteiger partial charge in [0, 0.05) is 44.8 Å². The lowest BCUT2D eigenvalue weighted by Crippen LogP contribution is -2.46. The fraction of sp³-hybridized carbons (Fsp3) is 0.421. The first-order chi connectivity index (χ1) is 12.7. The lowest BCUT2D eigenvalue weighted by molar-refractivity contribution is 0.153. The van der Waals surface area contributed by atoms with Crippen molar-refractivity contribution in [1.82, 2.24) is 9.80 Å². The van der Waals surface area contributed by atoms with Crippen molar-refractivity contribution in [3.8, 4) is 5.75 Å². The van der Waals surface area contributed by atoms with Crippen molar-refractivity contribution < 1.29 is 9.03 Å². The summed E-state index contributed by atoms with van der Waals surface area (Å²) in [7, 11) is 0. The molecule has 7 heteroatoms. The number of ether oxygens (including phenoxy) is 1. The van der Waals surface area contributed by atoms with Crippen LogP contribution in [0.3, 0.4) is 0 Å². The Hall–Kier alpha value is -1.86.